The van der Waals surface area contributed by atoms with Crippen molar-refractivity contribution in [2.75, 3.05) is 0 Å². The number of amides is 1. The lowest BCUT2D eigenvalue weighted by atomic mass is 10.1. The molecule has 0 bridgehead atoms. The largest absolute Gasteiger partial charge is 0.370 e. The Morgan fingerprint density at radius 3 is 2.44 bits per heavy atom. The molecule has 0 aliphatic rings. The van der Waals surface area contributed by atoms with Crippen molar-refractivity contribution in [2.45, 2.75) is 25.0 Å². The molecule has 3 nitrogen and oxygen atoms in total. The van der Waals surface area contributed by atoms with Crippen LogP contribution in [0.5, 0.6) is 0 Å². The quantitative estimate of drug-likeness (QED) is 0.854. The average Bonchev–Trinajstić information content (AvgIpc) is 2.25. The Hall–Kier alpha value is -1.29. The zero-order valence-corrected chi connectivity index (χ0v) is 10.00. The first-order chi connectivity index (χ1) is 7.59. The summed E-state index contributed by atoms with van der Waals surface area (Å²) in [5.41, 5.74) is 6.18. The maximum atomic E-state index is 11.1. The van der Waals surface area contributed by atoms with E-state index in [1.807, 2.05) is 30.3 Å². The van der Waals surface area contributed by atoms with E-state index in [-0.39, 0.29) is 16.3 Å². The highest BCUT2D eigenvalue weighted by Crippen LogP contribution is 2.33. The minimum absolute atomic E-state index is 0.0196. The topological polar surface area (TPSA) is 60.2 Å². The van der Waals surface area contributed by atoms with E-state index in [1.54, 1.807) is 0 Å². The van der Waals surface area contributed by atoms with Crippen molar-refractivity contribution in [1.82, 2.24) is 0 Å². The van der Waals surface area contributed by atoms with Crippen molar-refractivity contribution in [3.8, 4) is 0 Å². The minimum atomic E-state index is -0.329. The molecule has 1 amide bonds. The maximum Gasteiger partial charge on any atom is 0.217 e. The van der Waals surface area contributed by atoms with Gasteiger partial charge in [0.05, 0.1) is 0 Å². The molecule has 2 N–H and O–H groups in total. The van der Waals surface area contributed by atoms with Crippen molar-refractivity contribution < 1.29 is 9.59 Å². The molecule has 86 valence electrons. The zero-order chi connectivity index (χ0) is 12.0. The van der Waals surface area contributed by atoms with Gasteiger partial charge in [0.15, 0.2) is 5.12 Å². The van der Waals surface area contributed by atoms with Gasteiger partial charge in [0.25, 0.3) is 0 Å². The van der Waals surface area contributed by atoms with Gasteiger partial charge in [0, 0.05) is 18.6 Å². The van der Waals surface area contributed by atoms with Gasteiger partial charge < -0.3 is 5.73 Å². The fourth-order valence-electron chi connectivity index (χ4n) is 1.44. The molecule has 4 heteroatoms. The van der Waals surface area contributed by atoms with Gasteiger partial charge in [-0.25, -0.2) is 0 Å². The molecule has 0 fully saturated rings. The van der Waals surface area contributed by atoms with Crippen LogP contribution >= 0.6 is 11.8 Å². The number of primary amides is 1. The van der Waals surface area contributed by atoms with Gasteiger partial charge in [0.1, 0.15) is 0 Å². The van der Waals surface area contributed by atoms with Crippen LogP contribution in [0.25, 0.3) is 0 Å². The van der Waals surface area contributed by atoms with Crippen LogP contribution in [0, 0.1) is 0 Å². The first-order valence-electron chi connectivity index (χ1n) is 5.10. The first-order valence-corrected chi connectivity index (χ1v) is 5.98. The lowest BCUT2D eigenvalue weighted by molar-refractivity contribution is -0.118. The molecule has 0 radical (unpaired) electrons. The number of hydrogen-bond donors (Lipinski definition) is 1. The van der Waals surface area contributed by atoms with E-state index in [1.165, 1.54) is 18.7 Å². The Labute approximate surface area is 99.4 Å². The van der Waals surface area contributed by atoms with Crippen LogP contribution < -0.4 is 5.73 Å². The number of rotatable bonds is 5. The highest BCUT2D eigenvalue weighted by atomic mass is 32.2. The van der Waals surface area contributed by atoms with Gasteiger partial charge in [0.2, 0.25) is 5.91 Å². The van der Waals surface area contributed by atoms with Crippen LogP contribution in [0.15, 0.2) is 30.3 Å². The molecule has 1 aromatic rings. The molecular formula is C12H15NO2S. The summed E-state index contributed by atoms with van der Waals surface area (Å²) in [6, 6.07) is 9.69. The second-order valence-corrected chi connectivity index (χ2v) is 4.89. The molecule has 1 aromatic carbocycles. The van der Waals surface area contributed by atoms with Gasteiger partial charge in [-0.05, 0) is 12.0 Å². The van der Waals surface area contributed by atoms with Gasteiger partial charge in [-0.3, -0.25) is 9.59 Å². The highest BCUT2D eigenvalue weighted by molar-refractivity contribution is 8.13. The molecule has 0 aliphatic carbocycles. The van der Waals surface area contributed by atoms with Gasteiger partial charge in [-0.2, -0.15) is 0 Å². The molecular weight excluding hydrogens is 222 g/mol. The average molecular weight is 237 g/mol. The molecule has 0 saturated carbocycles. The van der Waals surface area contributed by atoms with Crippen LogP contribution in [0.4, 0.5) is 0 Å². The Morgan fingerprint density at radius 1 is 1.31 bits per heavy atom. The Balaban J connectivity index is 2.71. The number of carbonyl (C=O) groups excluding carboxylic acids is 2. The standard InChI is InChI=1S/C12H15NO2S/c1-9(14)16-11(7-8-12(13)15)10-5-3-2-4-6-10/h2-6,11H,7-8H2,1H3,(H2,13,15). The van der Waals surface area contributed by atoms with E-state index >= 15 is 0 Å². The third kappa shape index (κ3) is 4.49. The third-order valence-electron chi connectivity index (χ3n) is 2.13. The number of nitrogens with two attached hydrogens (primary N) is 1. The number of benzene rings is 1. The summed E-state index contributed by atoms with van der Waals surface area (Å²) in [6.07, 6.45) is 0.906. The summed E-state index contributed by atoms with van der Waals surface area (Å²) in [6.45, 7) is 1.53. The van der Waals surface area contributed by atoms with Crippen molar-refractivity contribution in [3.05, 3.63) is 35.9 Å². The Morgan fingerprint density at radius 2 is 1.94 bits per heavy atom. The first kappa shape index (κ1) is 12.8. The van der Waals surface area contributed by atoms with Crippen LogP contribution in [0.1, 0.15) is 30.6 Å². The number of carbonyl (C=O) groups is 2. The molecule has 0 spiro atoms. The highest BCUT2D eigenvalue weighted by Gasteiger charge is 2.15. The fraction of sp³-hybridized carbons (Fsp3) is 0.333. The summed E-state index contributed by atoms with van der Waals surface area (Å²) in [4.78, 5) is 21.9. The molecule has 0 aliphatic heterocycles. The summed E-state index contributed by atoms with van der Waals surface area (Å²) < 4.78 is 0. The molecule has 1 atom stereocenters. The lowest BCUT2D eigenvalue weighted by Crippen LogP contribution is -2.11. The summed E-state index contributed by atoms with van der Waals surface area (Å²) in [5, 5.41) is 0.0736. The number of hydrogen-bond acceptors (Lipinski definition) is 3. The van der Waals surface area contributed by atoms with Crippen LogP contribution in [0.3, 0.4) is 0 Å². The van der Waals surface area contributed by atoms with Crippen LogP contribution in [-0.4, -0.2) is 11.0 Å². The summed E-state index contributed by atoms with van der Waals surface area (Å²) in [5.74, 6) is -0.329. The van der Waals surface area contributed by atoms with Gasteiger partial charge >= 0.3 is 0 Å². The van der Waals surface area contributed by atoms with Gasteiger partial charge in [-0.15, -0.1) is 0 Å². The van der Waals surface area contributed by atoms with E-state index in [9.17, 15) is 9.59 Å². The van der Waals surface area contributed by atoms with E-state index in [0.717, 1.165) is 5.56 Å². The summed E-state index contributed by atoms with van der Waals surface area (Å²) >= 11 is 1.25. The second-order valence-electron chi connectivity index (χ2n) is 3.51. The van der Waals surface area contributed by atoms with E-state index < -0.39 is 0 Å². The zero-order valence-electron chi connectivity index (χ0n) is 9.18. The Kier molecular flexibility index (Phi) is 5.05. The van der Waals surface area contributed by atoms with Crippen molar-refractivity contribution in [3.63, 3.8) is 0 Å². The van der Waals surface area contributed by atoms with Gasteiger partial charge in [-0.1, -0.05) is 42.1 Å². The monoisotopic (exact) mass is 237 g/mol. The van der Waals surface area contributed by atoms with Crippen molar-refractivity contribution in [2.24, 2.45) is 5.73 Å². The minimum Gasteiger partial charge on any atom is -0.370 e. The van der Waals surface area contributed by atoms with E-state index in [4.69, 9.17) is 5.73 Å². The van der Waals surface area contributed by atoms with Crippen LogP contribution in [0.2, 0.25) is 0 Å². The molecule has 16 heavy (non-hydrogen) atoms. The van der Waals surface area contributed by atoms with E-state index in [2.05, 4.69) is 0 Å². The lowest BCUT2D eigenvalue weighted by Gasteiger charge is -2.14. The molecule has 0 saturated heterocycles. The predicted molar refractivity (Wildman–Crippen MR) is 65.9 cm³/mol. The third-order valence-corrected chi connectivity index (χ3v) is 3.26. The number of thioether (sulfide) groups is 1. The fourth-order valence-corrected chi connectivity index (χ4v) is 2.36. The second kappa shape index (κ2) is 6.33. The smallest absolute Gasteiger partial charge is 0.217 e. The Bertz CT molecular complexity index is 365. The van der Waals surface area contributed by atoms with Crippen molar-refractivity contribution >= 4 is 22.8 Å². The molecule has 1 unspecified atom stereocenters. The maximum absolute atomic E-state index is 11.1. The molecule has 0 heterocycles. The van der Waals surface area contributed by atoms with E-state index in [0.29, 0.717) is 12.8 Å². The summed E-state index contributed by atoms with van der Waals surface area (Å²) in [7, 11) is 0. The van der Waals surface area contributed by atoms with Crippen LogP contribution in [-0.2, 0) is 9.59 Å². The van der Waals surface area contributed by atoms with Crippen molar-refractivity contribution in [1.29, 1.82) is 0 Å². The molecule has 1 rings (SSSR count). The normalized spacial score (nSPS) is 12.1. The SMILES string of the molecule is CC(=O)SC(CCC(N)=O)c1ccccc1. The predicted octanol–water partition coefficient (Wildman–Crippen LogP) is 2.27. The molecule has 0 aromatic heterocycles.